The third-order valence-electron chi connectivity index (χ3n) is 12.0. The quantitative estimate of drug-likeness (QED) is 0.0199. The first-order valence-corrected chi connectivity index (χ1v) is 28.2. The van der Waals surface area contributed by atoms with Gasteiger partial charge < -0.3 is 14.2 Å². The van der Waals surface area contributed by atoms with Crippen LogP contribution >= 0.6 is 0 Å². The van der Waals surface area contributed by atoms with Crippen molar-refractivity contribution < 1.29 is 28.6 Å². The topological polar surface area (TPSA) is 78.9 Å². The maximum Gasteiger partial charge on any atom is 0.306 e. The SMILES string of the molecule is CC\C=C/C=C\C=C/C=C\C=C\C=C/CCCCCC(=O)OCC(COC(=O)CCCCCCCCCCCCCCCCC)OC(=O)CCCCCCCCC/C=C\CCCCCCCC. The highest BCUT2D eigenvalue weighted by molar-refractivity contribution is 5.71. The van der Waals surface area contributed by atoms with Gasteiger partial charge in [-0.05, 0) is 64.2 Å². The Morgan fingerprint density at radius 3 is 0.970 bits per heavy atom. The maximum atomic E-state index is 12.8. The highest BCUT2D eigenvalue weighted by Crippen LogP contribution is 2.16. The molecule has 0 rings (SSSR count). The van der Waals surface area contributed by atoms with Crippen molar-refractivity contribution in [2.45, 2.75) is 271 Å². The summed E-state index contributed by atoms with van der Waals surface area (Å²) >= 11 is 0. The van der Waals surface area contributed by atoms with E-state index in [1.165, 1.54) is 154 Å². The number of esters is 3. The van der Waals surface area contributed by atoms with E-state index in [9.17, 15) is 14.4 Å². The third-order valence-corrected chi connectivity index (χ3v) is 12.0. The monoisotopic (exact) mass is 933 g/mol. The summed E-state index contributed by atoms with van der Waals surface area (Å²) in [6.07, 6.45) is 71.4. The Morgan fingerprint density at radius 1 is 0.313 bits per heavy atom. The lowest BCUT2D eigenvalue weighted by atomic mass is 10.0. The molecule has 67 heavy (non-hydrogen) atoms. The van der Waals surface area contributed by atoms with Gasteiger partial charge in [-0.1, -0.05) is 266 Å². The Bertz CT molecular complexity index is 1300. The molecule has 0 aromatic heterocycles. The zero-order chi connectivity index (χ0) is 48.6. The van der Waals surface area contributed by atoms with E-state index in [1.807, 2.05) is 60.8 Å². The van der Waals surface area contributed by atoms with E-state index in [0.717, 1.165) is 70.6 Å². The van der Waals surface area contributed by atoms with Crippen LogP contribution in [0.3, 0.4) is 0 Å². The van der Waals surface area contributed by atoms with Crippen LogP contribution in [0.15, 0.2) is 85.1 Å². The molecule has 0 aromatic carbocycles. The predicted molar refractivity (Wildman–Crippen MR) is 288 cm³/mol. The van der Waals surface area contributed by atoms with Gasteiger partial charge in [-0.2, -0.15) is 0 Å². The van der Waals surface area contributed by atoms with E-state index >= 15 is 0 Å². The predicted octanol–water partition coefficient (Wildman–Crippen LogP) is 18.8. The van der Waals surface area contributed by atoms with Crippen molar-refractivity contribution in [2.24, 2.45) is 0 Å². The van der Waals surface area contributed by atoms with Crippen molar-refractivity contribution in [2.75, 3.05) is 13.2 Å². The van der Waals surface area contributed by atoms with Crippen molar-refractivity contribution in [3.63, 3.8) is 0 Å². The molecule has 0 bridgehead atoms. The van der Waals surface area contributed by atoms with Crippen LogP contribution in [0.4, 0.5) is 0 Å². The van der Waals surface area contributed by atoms with E-state index in [0.29, 0.717) is 19.3 Å². The number of hydrogen-bond acceptors (Lipinski definition) is 6. The van der Waals surface area contributed by atoms with Gasteiger partial charge in [-0.15, -0.1) is 0 Å². The van der Waals surface area contributed by atoms with Crippen molar-refractivity contribution >= 4 is 17.9 Å². The lowest BCUT2D eigenvalue weighted by Crippen LogP contribution is -2.30. The first kappa shape index (κ1) is 63.6. The van der Waals surface area contributed by atoms with Crippen LogP contribution in [-0.4, -0.2) is 37.2 Å². The molecule has 0 aliphatic rings. The molecule has 0 saturated carbocycles. The number of ether oxygens (including phenoxy) is 3. The average Bonchev–Trinajstić information content (AvgIpc) is 3.33. The van der Waals surface area contributed by atoms with Gasteiger partial charge >= 0.3 is 17.9 Å². The van der Waals surface area contributed by atoms with Crippen molar-refractivity contribution in [3.8, 4) is 0 Å². The summed E-state index contributed by atoms with van der Waals surface area (Å²) in [5.41, 5.74) is 0. The largest absolute Gasteiger partial charge is 0.462 e. The van der Waals surface area contributed by atoms with Crippen LogP contribution in [0.5, 0.6) is 0 Å². The van der Waals surface area contributed by atoms with Crippen LogP contribution in [0, 0.1) is 0 Å². The Labute approximate surface area is 414 Å². The first-order chi connectivity index (χ1) is 33.0. The fourth-order valence-corrected chi connectivity index (χ4v) is 7.82. The Balaban J connectivity index is 4.47. The summed E-state index contributed by atoms with van der Waals surface area (Å²) in [4.78, 5) is 38.1. The van der Waals surface area contributed by atoms with Crippen LogP contribution in [-0.2, 0) is 28.6 Å². The minimum Gasteiger partial charge on any atom is -0.462 e. The third kappa shape index (κ3) is 53.4. The number of carbonyl (C=O) groups excluding carboxylic acids is 3. The maximum absolute atomic E-state index is 12.8. The zero-order valence-electron chi connectivity index (χ0n) is 43.9. The molecule has 0 fully saturated rings. The smallest absolute Gasteiger partial charge is 0.306 e. The first-order valence-electron chi connectivity index (χ1n) is 28.2. The Kier molecular flexibility index (Phi) is 52.4. The molecule has 0 amide bonds. The highest BCUT2D eigenvalue weighted by Gasteiger charge is 2.19. The lowest BCUT2D eigenvalue weighted by molar-refractivity contribution is -0.167. The minimum absolute atomic E-state index is 0.0909. The molecule has 0 spiro atoms. The molecular weight excluding hydrogens is 829 g/mol. The number of rotatable bonds is 50. The number of hydrogen-bond donors (Lipinski definition) is 0. The van der Waals surface area contributed by atoms with E-state index in [4.69, 9.17) is 14.2 Å². The van der Waals surface area contributed by atoms with Gasteiger partial charge in [-0.3, -0.25) is 14.4 Å². The van der Waals surface area contributed by atoms with Gasteiger partial charge in [0.1, 0.15) is 13.2 Å². The Morgan fingerprint density at radius 2 is 0.597 bits per heavy atom. The second kappa shape index (κ2) is 55.2. The summed E-state index contributed by atoms with van der Waals surface area (Å²) in [5, 5.41) is 0. The van der Waals surface area contributed by atoms with E-state index in [-0.39, 0.29) is 31.1 Å². The Hall–Kier alpha value is -3.41. The van der Waals surface area contributed by atoms with Crippen LogP contribution in [0.25, 0.3) is 0 Å². The molecular formula is C61H104O6. The number of unbranched alkanes of at least 4 members (excludes halogenated alkanes) is 30. The van der Waals surface area contributed by atoms with Gasteiger partial charge in [0.25, 0.3) is 0 Å². The van der Waals surface area contributed by atoms with Crippen molar-refractivity contribution in [1.29, 1.82) is 0 Å². The molecule has 0 saturated heterocycles. The summed E-state index contributed by atoms with van der Waals surface area (Å²) in [6, 6.07) is 0. The molecule has 0 N–H and O–H groups in total. The van der Waals surface area contributed by atoms with Crippen LogP contribution in [0.2, 0.25) is 0 Å². The average molecular weight is 933 g/mol. The molecule has 0 aromatic rings. The molecule has 0 heterocycles. The molecule has 6 nitrogen and oxygen atoms in total. The van der Waals surface area contributed by atoms with Crippen molar-refractivity contribution in [1.82, 2.24) is 0 Å². The number of carbonyl (C=O) groups is 3. The summed E-state index contributed by atoms with van der Waals surface area (Å²) in [6.45, 7) is 6.47. The standard InChI is InChI=1S/C61H104O6/c1-4-7-10-13-16-19-22-25-28-30-33-36-39-42-45-48-51-54-60(63)66-57-58(56-65-59(62)53-50-47-44-41-38-35-32-27-24-21-18-15-12-9-6-3)67-61(64)55-52-49-46-43-40-37-34-31-29-26-23-20-17-14-11-8-5-2/h7,10,13,16,19,22,25-26,28-30,33,36,39,58H,4-6,8-9,11-12,14-15,17-18,20-21,23-24,27,31-32,34-35,37-38,40-57H2,1-3H3/b10-7-,16-13-,22-19-,28-25-,29-26-,33-30+,39-36-. The fraction of sp³-hybridized carbons (Fsp3) is 0.721. The van der Waals surface area contributed by atoms with Gasteiger partial charge in [0, 0.05) is 19.3 Å². The molecule has 6 heteroatoms. The van der Waals surface area contributed by atoms with Crippen LogP contribution < -0.4 is 0 Å². The summed E-state index contributed by atoms with van der Waals surface area (Å²) < 4.78 is 16.8. The molecule has 0 radical (unpaired) electrons. The normalized spacial score (nSPS) is 12.7. The zero-order valence-corrected chi connectivity index (χ0v) is 43.9. The summed E-state index contributed by atoms with van der Waals surface area (Å²) in [5.74, 6) is -0.934. The second-order valence-electron chi connectivity index (χ2n) is 18.6. The molecule has 1 atom stereocenters. The van der Waals surface area contributed by atoms with Crippen LogP contribution in [0.1, 0.15) is 265 Å². The van der Waals surface area contributed by atoms with Gasteiger partial charge in [0.05, 0.1) is 0 Å². The highest BCUT2D eigenvalue weighted by atomic mass is 16.6. The van der Waals surface area contributed by atoms with Gasteiger partial charge in [-0.25, -0.2) is 0 Å². The number of allylic oxidation sites excluding steroid dienone is 14. The van der Waals surface area contributed by atoms with Gasteiger partial charge in [0.15, 0.2) is 6.10 Å². The second-order valence-corrected chi connectivity index (χ2v) is 18.6. The fourth-order valence-electron chi connectivity index (χ4n) is 7.82. The minimum atomic E-state index is -0.796. The van der Waals surface area contributed by atoms with E-state index in [2.05, 4.69) is 45.1 Å². The molecule has 384 valence electrons. The lowest BCUT2D eigenvalue weighted by Gasteiger charge is -2.18. The molecule has 1 unspecified atom stereocenters. The van der Waals surface area contributed by atoms with E-state index in [1.54, 1.807) is 0 Å². The summed E-state index contributed by atoms with van der Waals surface area (Å²) in [7, 11) is 0. The van der Waals surface area contributed by atoms with Crippen molar-refractivity contribution in [3.05, 3.63) is 85.1 Å². The molecule has 0 aliphatic heterocycles. The van der Waals surface area contributed by atoms with Gasteiger partial charge in [0.2, 0.25) is 0 Å². The van der Waals surface area contributed by atoms with E-state index < -0.39 is 6.10 Å². The molecule has 0 aliphatic carbocycles.